The Morgan fingerprint density at radius 1 is 1.47 bits per heavy atom. The van der Waals surface area contributed by atoms with Gasteiger partial charge in [0.1, 0.15) is 5.82 Å². The maximum absolute atomic E-state index is 12.9. The lowest BCUT2D eigenvalue weighted by atomic mass is 9.84. The molecule has 1 aromatic carbocycles. The first-order valence-electron chi connectivity index (χ1n) is 5.85. The van der Waals surface area contributed by atoms with E-state index in [0.717, 1.165) is 23.1 Å². The molecule has 1 aromatic rings. The molecule has 0 aromatic heterocycles. The molecule has 17 heavy (non-hydrogen) atoms. The predicted molar refractivity (Wildman–Crippen MR) is 75.9 cm³/mol. The summed E-state index contributed by atoms with van der Waals surface area (Å²) in [5, 5.41) is 3.48. The zero-order chi connectivity index (χ0) is 12.3. The molecule has 0 unspecified atom stereocenters. The zero-order valence-corrected chi connectivity index (χ0v) is 12.3. The van der Waals surface area contributed by atoms with Crippen LogP contribution in [0.4, 0.5) is 4.39 Å². The Hall–Kier alpha value is -0.0600. The van der Waals surface area contributed by atoms with Crippen LogP contribution in [0.2, 0.25) is 0 Å². The Bertz CT molecular complexity index is 387. The first-order chi connectivity index (χ1) is 8.15. The van der Waals surface area contributed by atoms with Gasteiger partial charge in [-0.3, -0.25) is 0 Å². The Morgan fingerprint density at radius 2 is 2.24 bits per heavy atom. The third-order valence-electron chi connectivity index (χ3n) is 3.48. The smallest absolute Gasteiger partial charge is 0.124 e. The molecular weight excluding hydrogens is 301 g/mol. The highest BCUT2D eigenvalue weighted by atomic mass is 79.9. The molecule has 0 radical (unpaired) electrons. The molecule has 0 bridgehead atoms. The molecule has 1 N–H and O–H groups in total. The number of halogens is 2. The van der Waals surface area contributed by atoms with Crippen molar-refractivity contribution in [2.45, 2.75) is 30.6 Å². The van der Waals surface area contributed by atoms with E-state index in [4.69, 9.17) is 0 Å². The fraction of sp³-hybridized carbons (Fsp3) is 0.538. The topological polar surface area (TPSA) is 12.0 Å². The first kappa shape index (κ1) is 13.4. The number of benzene rings is 1. The van der Waals surface area contributed by atoms with Crippen LogP contribution >= 0.6 is 27.7 Å². The minimum atomic E-state index is -0.194. The fourth-order valence-electron chi connectivity index (χ4n) is 2.11. The summed E-state index contributed by atoms with van der Waals surface area (Å²) < 4.78 is 14.2. The molecule has 94 valence electrons. The fourth-order valence-corrected chi connectivity index (χ4v) is 3.55. The van der Waals surface area contributed by atoms with Crippen LogP contribution in [0.3, 0.4) is 0 Å². The second kappa shape index (κ2) is 5.72. The van der Waals surface area contributed by atoms with Crippen LogP contribution in [0.25, 0.3) is 0 Å². The first-order valence-corrected chi connectivity index (χ1v) is 7.87. The maximum Gasteiger partial charge on any atom is 0.124 e. The highest BCUT2D eigenvalue weighted by Crippen LogP contribution is 2.42. The summed E-state index contributed by atoms with van der Waals surface area (Å²) in [4.78, 5) is 0. The molecule has 1 nitrogen and oxygen atoms in total. The number of rotatable bonds is 5. The average Bonchev–Trinajstić information content (AvgIpc) is 2.25. The van der Waals surface area contributed by atoms with E-state index in [2.05, 4.69) is 27.5 Å². The molecule has 0 spiro atoms. The number of hydrogen-bond acceptors (Lipinski definition) is 2. The van der Waals surface area contributed by atoms with Gasteiger partial charge in [0.05, 0.1) is 0 Å². The van der Waals surface area contributed by atoms with Gasteiger partial charge in [-0.05, 0) is 36.8 Å². The monoisotopic (exact) mass is 317 g/mol. The van der Waals surface area contributed by atoms with Crippen LogP contribution in [0.1, 0.15) is 24.8 Å². The van der Waals surface area contributed by atoms with Crippen molar-refractivity contribution in [3.05, 3.63) is 34.1 Å². The summed E-state index contributed by atoms with van der Waals surface area (Å²) in [6.07, 6.45) is 6.16. The van der Waals surface area contributed by atoms with Crippen molar-refractivity contribution in [2.75, 3.05) is 12.8 Å². The molecule has 2 rings (SSSR count). The van der Waals surface area contributed by atoms with Crippen molar-refractivity contribution < 1.29 is 4.39 Å². The second-order valence-electron chi connectivity index (χ2n) is 4.58. The van der Waals surface area contributed by atoms with E-state index < -0.39 is 0 Å². The molecule has 0 aliphatic heterocycles. The molecule has 0 saturated heterocycles. The second-order valence-corrected chi connectivity index (χ2v) is 6.71. The largest absolute Gasteiger partial charge is 0.311 e. The van der Waals surface area contributed by atoms with Crippen LogP contribution in [-0.4, -0.2) is 17.5 Å². The van der Waals surface area contributed by atoms with E-state index in [1.165, 1.54) is 31.4 Å². The number of nitrogens with one attached hydrogen (secondary N) is 1. The Labute approximate surface area is 115 Å². The van der Waals surface area contributed by atoms with Crippen LogP contribution in [-0.2, 0) is 6.54 Å². The van der Waals surface area contributed by atoms with Gasteiger partial charge in [-0.1, -0.05) is 28.4 Å². The van der Waals surface area contributed by atoms with Crippen molar-refractivity contribution >= 4 is 27.7 Å². The van der Waals surface area contributed by atoms with E-state index in [1.807, 2.05) is 17.8 Å². The van der Waals surface area contributed by atoms with E-state index in [-0.39, 0.29) is 5.82 Å². The van der Waals surface area contributed by atoms with Crippen molar-refractivity contribution in [3.8, 4) is 0 Å². The highest BCUT2D eigenvalue weighted by molar-refractivity contribution is 9.10. The summed E-state index contributed by atoms with van der Waals surface area (Å²) >= 11 is 5.36. The van der Waals surface area contributed by atoms with Crippen molar-refractivity contribution in [1.29, 1.82) is 0 Å². The lowest BCUT2D eigenvalue weighted by Crippen LogP contribution is -2.43. The van der Waals surface area contributed by atoms with Crippen LogP contribution in [0.5, 0.6) is 0 Å². The quantitative estimate of drug-likeness (QED) is 0.882. The molecule has 0 atom stereocenters. The van der Waals surface area contributed by atoms with Crippen LogP contribution in [0, 0.1) is 5.82 Å². The molecule has 4 heteroatoms. The minimum absolute atomic E-state index is 0.194. The van der Waals surface area contributed by atoms with E-state index in [1.54, 1.807) is 0 Å². The highest BCUT2D eigenvalue weighted by Gasteiger charge is 2.35. The van der Waals surface area contributed by atoms with E-state index in [0.29, 0.717) is 4.75 Å². The lowest BCUT2D eigenvalue weighted by Gasteiger charge is -2.40. The number of thioether (sulfide) groups is 1. The summed E-state index contributed by atoms with van der Waals surface area (Å²) in [5.41, 5.74) is 1.11. The van der Waals surface area contributed by atoms with Gasteiger partial charge in [-0.2, -0.15) is 11.8 Å². The van der Waals surface area contributed by atoms with Gasteiger partial charge < -0.3 is 5.32 Å². The summed E-state index contributed by atoms with van der Waals surface area (Å²) in [6, 6.07) is 4.86. The molecular formula is C13H17BrFNS. The average molecular weight is 318 g/mol. The Morgan fingerprint density at radius 3 is 2.76 bits per heavy atom. The Kier molecular flexibility index (Phi) is 4.50. The standard InChI is InChI=1S/C13H17BrFNS/c1-17-13(5-2-6-13)9-16-8-10-3-4-11(15)7-12(10)14/h3-4,7,16H,2,5-6,8-9H2,1H3. The molecule has 1 fully saturated rings. The molecule has 1 aliphatic carbocycles. The van der Waals surface area contributed by atoms with Crippen LogP contribution < -0.4 is 5.32 Å². The third kappa shape index (κ3) is 3.24. The van der Waals surface area contributed by atoms with Crippen molar-refractivity contribution in [2.24, 2.45) is 0 Å². The number of hydrogen-bond donors (Lipinski definition) is 1. The van der Waals surface area contributed by atoms with Gasteiger partial charge in [0.2, 0.25) is 0 Å². The summed E-state index contributed by atoms with van der Waals surface area (Å²) in [6.45, 7) is 1.83. The van der Waals surface area contributed by atoms with Gasteiger partial charge in [0.25, 0.3) is 0 Å². The summed E-state index contributed by atoms with van der Waals surface area (Å²) in [7, 11) is 0. The van der Waals surface area contributed by atoms with Gasteiger partial charge in [0.15, 0.2) is 0 Å². The Balaban J connectivity index is 1.85. The minimum Gasteiger partial charge on any atom is -0.311 e. The predicted octanol–water partition coefficient (Wildman–Crippen LogP) is 3.96. The molecule has 0 amide bonds. The van der Waals surface area contributed by atoms with E-state index in [9.17, 15) is 4.39 Å². The SMILES string of the molecule is CSC1(CNCc2ccc(F)cc2Br)CCC1. The lowest BCUT2D eigenvalue weighted by molar-refractivity contribution is 0.345. The summed E-state index contributed by atoms with van der Waals surface area (Å²) in [5.74, 6) is -0.194. The maximum atomic E-state index is 12.9. The molecule has 1 aliphatic rings. The van der Waals surface area contributed by atoms with Gasteiger partial charge in [-0.15, -0.1) is 0 Å². The van der Waals surface area contributed by atoms with Gasteiger partial charge in [0, 0.05) is 22.3 Å². The molecule has 0 heterocycles. The van der Waals surface area contributed by atoms with Crippen molar-refractivity contribution in [3.63, 3.8) is 0 Å². The normalized spacial score (nSPS) is 17.8. The van der Waals surface area contributed by atoms with Crippen LogP contribution in [0.15, 0.2) is 22.7 Å². The zero-order valence-electron chi connectivity index (χ0n) is 9.93. The van der Waals surface area contributed by atoms with Crippen molar-refractivity contribution in [1.82, 2.24) is 5.32 Å². The third-order valence-corrected chi connectivity index (χ3v) is 5.63. The van der Waals surface area contributed by atoms with E-state index >= 15 is 0 Å². The molecule has 1 saturated carbocycles. The van der Waals surface area contributed by atoms with Gasteiger partial charge >= 0.3 is 0 Å². The van der Waals surface area contributed by atoms with Gasteiger partial charge in [-0.25, -0.2) is 4.39 Å².